The van der Waals surface area contributed by atoms with Crippen molar-refractivity contribution in [2.24, 2.45) is 0 Å². The molecule has 0 aliphatic carbocycles. The lowest BCUT2D eigenvalue weighted by Crippen LogP contribution is -2.54. The minimum Gasteiger partial charge on any atom is -0.598 e. The second-order valence-electron chi connectivity index (χ2n) is 4.51. The van der Waals surface area contributed by atoms with Crippen molar-refractivity contribution in [3.05, 3.63) is 35.0 Å². The predicted molar refractivity (Wildman–Crippen MR) is 65.8 cm³/mol. The average molecular weight is 253 g/mol. The maximum absolute atomic E-state index is 12.1. The zero-order valence-electron chi connectivity index (χ0n) is 9.41. The Morgan fingerprint density at radius 2 is 2.24 bits per heavy atom. The molecule has 3 atom stereocenters. The number of para-hydroxylation sites is 1. The molecule has 0 amide bonds. The molecule has 0 saturated carbocycles. The van der Waals surface area contributed by atoms with E-state index in [4.69, 9.17) is 4.74 Å². The predicted octanol–water partition coefficient (Wildman–Crippen LogP) is 2.33. The van der Waals surface area contributed by atoms with E-state index in [0.717, 1.165) is 11.3 Å². The van der Waals surface area contributed by atoms with E-state index in [0.29, 0.717) is 18.8 Å². The van der Waals surface area contributed by atoms with Gasteiger partial charge in [-0.3, -0.25) is 0 Å². The van der Waals surface area contributed by atoms with Crippen molar-refractivity contribution in [1.82, 2.24) is 0 Å². The minimum atomic E-state index is -1.12. The molecule has 5 heteroatoms. The van der Waals surface area contributed by atoms with E-state index in [1.54, 1.807) is 11.8 Å². The largest absolute Gasteiger partial charge is 0.598 e. The summed E-state index contributed by atoms with van der Waals surface area (Å²) in [6.07, 6.45) is 0.604. The van der Waals surface area contributed by atoms with Crippen LogP contribution in [0.1, 0.15) is 17.2 Å². The summed E-state index contributed by atoms with van der Waals surface area (Å²) in [6, 6.07) is 7.51. The van der Waals surface area contributed by atoms with E-state index in [9.17, 15) is 10.4 Å². The molecule has 0 spiro atoms. The first-order chi connectivity index (χ1) is 8.18. The summed E-state index contributed by atoms with van der Waals surface area (Å²) in [7, 11) is 0. The van der Waals surface area contributed by atoms with Gasteiger partial charge in [0.05, 0.1) is 11.9 Å². The SMILES string of the molecule is [O-][N+]1(O)CCSC2c3ccccc3OCCC21. The van der Waals surface area contributed by atoms with Crippen molar-refractivity contribution in [2.75, 3.05) is 18.9 Å². The van der Waals surface area contributed by atoms with Crippen LogP contribution in [0, 0.1) is 5.21 Å². The highest BCUT2D eigenvalue weighted by Crippen LogP contribution is 2.46. The van der Waals surface area contributed by atoms with Gasteiger partial charge in [0.15, 0.2) is 0 Å². The molecule has 1 saturated heterocycles. The molecular weight excluding hydrogens is 238 g/mol. The standard InChI is InChI=1S/C12H15NO3S/c14-13(15)6-8-17-12-9-3-1-2-4-11(9)16-7-5-10(12)13/h1-4,10,12,14H,5-8H2. The fourth-order valence-corrected chi connectivity index (χ4v) is 4.13. The molecule has 1 aromatic rings. The number of ether oxygens (including phenoxy) is 1. The van der Waals surface area contributed by atoms with Gasteiger partial charge in [-0.15, -0.1) is 11.8 Å². The van der Waals surface area contributed by atoms with Gasteiger partial charge < -0.3 is 9.94 Å². The highest BCUT2D eigenvalue weighted by atomic mass is 32.2. The average Bonchev–Trinajstić information content (AvgIpc) is 2.49. The summed E-state index contributed by atoms with van der Waals surface area (Å²) in [5.74, 6) is 1.55. The normalized spacial score (nSPS) is 36.4. The number of fused-ring (bicyclic) bond motifs is 3. The topological polar surface area (TPSA) is 52.5 Å². The number of hydrogen-bond donors (Lipinski definition) is 1. The molecule has 1 N–H and O–H groups in total. The first kappa shape index (κ1) is 11.3. The summed E-state index contributed by atoms with van der Waals surface area (Å²) in [6.45, 7) is 0.773. The van der Waals surface area contributed by atoms with Crippen LogP contribution in [0.2, 0.25) is 0 Å². The Morgan fingerprint density at radius 3 is 3.12 bits per heavy atom. The van der Waals surface area contributed by atoms with Crippen molar-refractivity contribution >= 4 is 11.8 Å². The third kappa shape index (κ3) is 1.93. The fraction of sp³-hybridized carbons (Fsp3) is 0.500. The molecule has 0 bridgehead atoms. The van der Waals surface area contributed by atoms with Crippen molar-refractivity contribution in [3.63, 3.8) is 0 Å². The Bertz CT molecular complexity index is 424. The van der Waals surface area contributed by atoms with E-state index in [1.165, 1.54) is 0 Å². The molecule has 1 fully saturated rings. The molecule has 1 aromatic carbocycles. The Labute approximate surface area is 104 Å². The summed E-state index contributed by atoms with van der Waals surface area (Å²) < 4.78 is 5.66. The Kier molecular flexibility index (Phi) is 2.78. The molecular formula is C12H15NO3S. The van der Waals surface area contributed by atoms with Gasteiger partial charge in [0.25, 0.3) is 0 Å². The van der Waals surface area contributed by atoms with Crippen LogP contribution in [0.25, 0.3) is 0 Å². The molecule has 17 heavy (non-hydrogen) atoms. The van der Waals surface area contributed by atoms with Crippen LogP contribution in [-0.2, 0) is 0 Å². The van der Waals surface area contributed by atoms with Crippen LogP contribution in [0.3, 0.4) is 0 Å². The van der Waals surface area contributed by atoms with E-state index < -0.39 is 4.81 Å². The minimum absolute atomic E-state index is 0.0462. The number of hydrogen-bond acceptors (Lipinski definition) is 4. The maximum Gasteiger partial charge on any atom is 0.138 e. The maximum atomic E-state index is 12.1. The van der Waals surface area contributed by atoms with Crippen molar-refractivity contribution in [1.29, 1.82) is 0 Å². The van der Waals surface area contributed by atoms with E-state index >= 15 is 0 Å². The highest BCUT2D eigenvalue weighted by Gasteiger charge is 2.43. The molecule has 3 rings (SSSR count). The lowest BCUT2D eigenvalue weighted by molar-refractivity contribution is -1.08. The van der Waals surface area contributed by atoms with Crippen molar-refractivity contribution in [2.45, 2.75) is 17.7 Å². The Balaban J connectivity index is 2.03. The quantitative estimate of drug-likeness (QED) is 0.569. The number of hydroxylamine groups is 4. The summed E-state index contributed by atoms with van der Waals surface area (Å²) >= 11 is 1.75. The first-order valence-electron chi connectivity index (χ1n) is 5.83. The smallest absolute Gasteiger partial charge is 0.138 e. The number of thioether (sulfide) groups is 1. The Hall–Kier alpha value is -0.750. The molecule has 3 unspecified atom stereocenters. The lowest BCUT2D eigenvalue weighted by Gasteiger charge is -2.46. The van der Waals surface area contributed by atoms with Gasteiger partial charge in [0.2, 0.25) is 0 Å². The van der Waals surface area contributed by atoms with Crippen LogP contribution in [0.4, 0.5) is 0 Å². The summed E-state index contributed by atoms with van der Waals surface area (Å²) in [4.78, 5) is -1.12. The van der Waals surface area contributed by atoms with Crippen molar-refractivity contribution in [3.8, 4) is 5.75 Å². The van der Waals surface area contributed by atoms with E-state index in [-0.39, 0.29) is 17.8 Å². The zero-order valence-corrected chi connectivity index (χ0v) is 10.2. The van der Waals surface area contributed by atoms with Crippen LogP contribution in [-0.4, -0.2) is 35.0 Å². The third-order valence-corrected chi connectivity index (χ3v) is 4.82. The van der Waals surface area contributed by atoms with Crippen LogP contribution >= 0.6 is 11.8 Å². The van der Waals surface area contributed by atoms with Crippen LogP contribution in [0.5, 0.6) is 5.75 Å². The highest BCUT2D eigenvalue weighted by molar-refractivity contribution is 7.99. The van der Waals surface area contributed by atoms with Crippen molar-refractivity contribution < 1.29 is 14.8 Å². The van der Waals surface area contributed by atoms with Gasteiger partial charge in [0.1, 0.15) is 18.3 Å². The fourth-order valence-electron chi connectivity index (χ4n) is 2.59. The number of nitrogens with zero attached hydrogens (tertiary/aromatic N) is 1. The molecule has 0 aromatic heterocycles. The third-order valence-electron chi connectivity index (χ3n) is 3.47. The lowest BCUT2D eigenvalue weighted by atomic mass is 10.0. The van der Waals surface area contributed by atoms with Gasteiger partial charge >= 0.3 is 0 Å². The first-order valence-corrected chi connectivity index (χ1v) is 6.88. The zero-order chi connectivity index (χ0) is 11.9. The second-order valence-corrected chi connectivity index (χ2v) is 5.76. The molecule has 2 heterocycles. The molecule has 0 radical (unpaired) electrons. The van der Waals surface area contributed by atoms with Gasteiger partial charge in [-0.05, 0) is 6.07 Å². The van der Waals surface area contributed by atoms with Crippen LogP contribution in [0.15, 0.2) is 24.3 Å². The Morgan fingerprint density at radius 1 is 1.41 bits per heavy atom. The second kappa shape index (κ2) is 4.17. The van der Waals surface area contributed by atoms with E-state index in [1.807, 2.05) is 24.3 Å². The number of rotatable bonds is 0. The summed E-state index contributed by atoms with van der Waals surface area (Å²) in [5, 5.41) is 22.1. The molecule has 92 valence electrons. The van der Waals surface area contributed by atoms with Gasteiger partial charge in [0, 0.05) is 17.7 Å². The molecule has 2 aliphatic heterocycles. The molecule has 2 aliphatic rings. The summed E-state index contributed by atoms with van der Waals surface area (Å²) in [5.41, 5.74) is 1.05. The van der Waals surface area contributed by atoms with Crippen LogP contribution < -0.4 is 4.74 Å². The van der Waals surface area contributed by atoms with Gasteiger partial charge in [-0.25, -0.2) is 10.0 Å². The monoisotopic (exact) mass is 253 g/mol. The number of benzene rings is 1. The number of quaternary nitrogens is 1. The van der Waals surface area contributed by atoms with Gasteiger partial charge in [-0.2, -0.15) is 0 Å². The van der Waals surface area contributed by atoms with E-state index in [2.05, 4.69) is 0 Å². The molecule has 4 nitrogen and oxygen atoms in total. The van der Waals surface area contributed by atoms with Gasteiger partial charge in [-0.1, -0.05) is 18.2 Å².